The molecule has 0 aliphatic carbocycles. The fraction of sp³-hybridized carbons (Fsp3) is 0.917. The zero-order chi connectivity index (χ0) is 14.1. The van der Waals surface area contributed by atoms with Gasteiger partial charge in [0.25, 0.3) is 0 Å². The van der Waals surface area contributed by atoms with E-state index in [1.54, 1.807) is 0 Å². The van der Waals surface area contributed by atoms with Crippen LogP contribution in [0.4, 0.5) is 0 Å². The van der Waals surface area contributed by atoms with Gasteiger partial charge in [0.2, 0.25) is 10.0 Å². The van der Waals surface area contributed by atoms with Gasteiger partial charge in [0.1, 0.15) is 5.54 Å². The van der Waals surface area contributed by atoms with Crippen LogP contribution in [-0.2, 0) is 14.3 Å². The molecule has 7 heteroatoms. The Morgan fingerprint density at radius 3 is 2.89 bits per heavy atom. The van der Waals surface area contributed by atoms with Gasteiger partial charge in [-0.1, -0.05) is 48.1 Å². The molecule has 2 atom stereocenters. The van der Waals surface area contributed by atoms with E-state index in [0.717, 1.165) is 19.3 Å². The molecule has 0 bridgehead atoms. The number of nitrogens with zero attached hydrogens (tertiary/aromatic N) is 1. The number of hydrogen-bond donors (Lipinski definition) is 0. The number of unbranched alkanes of at least 4 members (excludes halogenated alkanes) is 1. The number of carbonyl (C=O) groups excluding carboxylic acids is 1. The lowest BCUT2D eigenvalue weighted by atomic mass is 9.98. The van der Waals surface area contributed by atoms with Gasteiger partial charge in [0.05, 0.1) is 6.61 Å². The second-order valence-electron chi connectivity index (χ2n) is 5.03. The second-order valence-corrected chi connectivity index (χ2v) is 7.40. The zero-order valence-electron chi connectivity index (χ0n) is 10.8. The van der Waals surface area contributed by atoms with Crippen LogP contribution in [0.1, 0.15) is 32.6 Å². The predicted octanol–water partition coefficient (Wildman–Crippen LogP) is 2.89. The van der Waals surface area contributed by atoms with Gasteiger partial charge in [0.15, 0.2) is 0 Å². The highest BCUT2D eigenvalue weighted by molar-refractivity contribution is 6.68. The fourth-order valence-corrected chi connectivity index (χ4v) is 3.17. The van der Waals surface area contributed by atoms with Crippen molar-refractivity contribution in [2.75, 3.05) is 19.8 Å². The zero-order valence-corrected chi connectivity index (χ0v) is 13.1. The van der Waals surface area contributed by atoms with Gasteiger partial charge in [-0.25, -0.2) is 9.69 Å². The first kappa shape index (κ1) is 15.6. The minimum absolute atomic E-state index is 0.309. The molecule has 4 nitrogen and oxygen atoms in total. The summed E-state index contributed by atoms with van der Waals surface area (Å²) in [5.74, 6) is -0.335. The average Bonchev–Trinajstić information content (AvgIpc) is 2.84. The number of fused-ring (bicyclic) bond motifs is 1. The first-order chi connectivity index (χ1) is 8.92. The molecule has 0 amide bonds. The van der Waals surface area contributed by atoms with Crippen LogP contribution >= 0.6 is 34.8 Å². The Hall–Kier alpha value is 0.260. The van der Waals surface area contributed by atoms with Crippen molar-refractivity contribution in [3.63, 3.8) is 0 Å². The third-order valence-electron chi connectivity index (χ3n) is 3.68. The van der Waals surface area contributed by atoms with Crippen LogP contribution in [0.15, 0.2) is 0 Å². The minimum Gasteiger partial charge on any atom is -0.440 e. The summed E-state index contributed by atoms with van der Waals surface area (Å²) in [6.07, 6.45) is 2.78. The lowest BCUT2D eigenvalue weighted by Gasteiger charge is -2.31. The number of ether oxygens (including phenoxy) is 2. The van der Waals surface area contributed by atoms with Crippen LogP contribution in [0.3, 0.4) is 0 Å². The van der Waals surface area contributed by atoms with Gasteiger partial charge in [-0.2, -0.15) is 0 Å². The summed E-state index contributed by atoms with van der Waals surface area (Å²) < 4.78 is 9.25. The van der Waals surface area contributed by atoms with Crippen molar-refractivity contribution in [2.45, 2.75) is 48.2 Å². The van der Waals surface area contributed by atoms with Gasteiger partial charge >= 0.3 is 5.97 Å². The summed E-state index contributed by atoms with van der Waals surface area (Å²) in [6.45, 7) is 3.72. The molecule has 0 unspecified atom stereocenters. The molecule has 2 fully saturated rings. The summed E-state index contributed by atoms with van der Waals surface area (Å²) >= 11 is 17.7. The van der Waals surface area contributed by atoms with E-state index in [0.29, 0.717) is 26.2 Å². The average molecular weight is 331 g/mol. The van der Waals surface area contributed by atoms with Crippen LogP contribution < -0.4 is 0 Å². The molecule has 0 N–H and O–H groups in total. The smallest absolute Gasteiger partial charge is 0.330 e. The van der Waals surface area contributed by atoms with Crippen LogP contribution in [0.5, 0.6) is 0 Å². The highest BCUT2D eigenvalue weighted by Gasteiger charge is 2.62. The molecule has 2 aliphatic rings. The van der Waals surface area contributed by atoms with Gasteiger partial charge in [0, 0.05) is 13.2 Å². The first-order valence-electron chi connectivity index (χ1n) is 6.54. The topological polar surface area (TPSA) is 38.8 Å². The summed E-state index contributed by atoms with van der Waals surface area (Å²) in [4.78, 5) is 14.0. The Bertz CT molecular complexity index is 348. The van der Waals surface area contributed by atoms with Crippen LogP contribution in [0.25, 0.3) is 0 Å². The second kappa shape index (κ2) is 5.94. The van der Waals surface area contributed by atoms with E-state index in [-0.39, 0.29) is 5.97 Å². The Balaban J connectivity index is 2.07. The lowest BCUT2D eigenvalue weighted by molar-refractivity contribution is -0.147. The van der Waals surface area contributed by atoms with E-state index in [1.807, 2.05) is 4.90 Å². The van der Waals surface area contributed by atoms with E-state index in [4.69, 9.17) is 44.3 Å². The van der Waals surface area contributed by atoms with Crippen molar-refractivity contribution in [3.05, 3.63) is 0 Å². The standard InChI is InChI=1S/C12H18Cl3NO3/c1-2-3-7-18-8-11-5-4-6-16(11)9(12(13,14)15)19-10(11)17/h9H,2-8H2,1H3/t9-,11-/m1/s1. The molecule has 2 saturated heterocycles. The molecule has 2 heterocycles. The Morgan fingerprint density at radius 1 is 1.53 bits per heavy atom. The van der Waals surface area contributed by atoms with Crippen molar-refractivity contribution >= 4 is 40.8 Å². The number of halogens is 3. The third kappa shape index (κ3) is 2.98. The Labute approximate surface area is 128 Å². The molecule has 19 heavy (non-hydrogen) atoms. The molecule has 0 aromatic rings. The Kier molecular flexibility index (Phi) is 4.89. The summed E-state index contributed by atoms with van der Waals surface area (Å²) in [5, 5.41) is 0. The molecule has 0 saturated carbocycles. The normalized spacial score (nSPS) is 31.6. The van der Waals surface area contributed by atoms with Gasteiger partial charge in [-0.15, -0.1) is 0 Å². The fourth-order valence-electron chi connectivity index (χ4n) is 2.68. The lowest BCUT2D eigenvalue weighted by Crippen LogP contribution is -2.52. The third-order valence-corrected chi connectivity index (χ3v) is 4.24. The molecule has 0 spiro atoms. The highest BCUT2D eigenvalue weighted by Crippen LogP contribution is 2.46. The van der Waals surface area contributed by atoms with Gasteiger partial charge in [-0.05, 0) is 19.3 Å². The maximum absolute atomic E-state index is 12.2. The largest absolute Gasteiger partial charge is 0.440 e. The minimum atomic E-state index is -1.63. The molecular weight excluding hydrogens is 312 g/mol. The highest BCUT2D eigenvalue weighted by atomic mass is 35.6. The maximum Gasteiger partial charge on any atom is 0.330 e. The number of esters is 1. The van der Waals surface area contributed by atoms with E-state index >= 15 is 0 Å². The van der Waals surface area contributed by atoms with E-state index in [2.05, 4.69) is 6.92 Å². The molecular formula is C12H18Cl3NO3. The number of carbonyl (C=O) groups is 1. The van der Waals surface area contributed by atoms with Gasteiger partial charge in [-0.3, -0.25) is 0 Å². The quantitative estimate of drug-likeness (QED) is 0.441. The predicted molar refractivity (Wildman–Crippen MR) is 74.6 cm³/mol. The molecule has 2 aliphatic heterocycles. The van der Waals surface area contributed by atoms with Crippen LogP contribution in [-0.4, -0.2) is 46.2 Å². The Morgan fingerprint density at radius 2 is 2.26 bits per heavy atom. The first-order valence-corrected chi connectivity index (χ1v) is 7.67. The van der Waals surface area contributed by atoms with E-state index in [1.165, 1.54) is 0 Å². The number of cyclic esters (lactones) is 1. The molecule has 2 rings (SSSR count). The van der Waals surface area contributed by atoms with Crippen molar-refractivity contribution in [1.29, 1.82) is 0 Å². The number of rotatable bonds is 5. The maximum atomic E-state index is 12.2. The summed E-state index contributed by atoms with van der Waals surface area (Å²) in [5.41, 5.74) is -0.762. The van der Waals surface area contributed by atoms with Crippen molar-refractivity contribution in [3.8, 4) is 0 Å². The molecule has 110 valence electrons. The number of hydrogen-bond acceptors (Lipinski definition) is 4. The monoisotopic (exact) mass is 329 g/mol. The van der Waals surface area contributed by atoms with Crippen molar-refractivity contribution < 1.29 is 14.3 Å². The summed E-state index contributed by atoms with van der Waals surface area (Å²) in [7, 11) is 0. The van der Waals surface area contributed by atoms with E-state index in [9.17, 15) is 4.79 Å². The molecule has 0 radical (unpaired) electrons. The summed E-state index contributed by atoms with van der Waals surface area (Å²) in [6, 6.07) is 0. The SMILES string of the molecule is CCCCOC[C@@]12CCCN1[C@@H](C(Cl)(Cl)Cl)OC2=O. The molecule has 0 aromatic carbocycles. The van der Waals surface area contributed by atoms with E-state index < -0.39 is 15.6 Å². The number of alkyl halides is 3. The van der Waals surface area contributed by atoms with Crippen molar-refractivity contribution in [2.24, 2.45) is 0 Å². The molecule has 0 aromatic heterocycles. The van der Waals surface area contributed by atoms with Crippen LogP contribution in [0.2, 0.25) is 0 Å². The van der Waals surface area contributed by atoms with Crippen molar-refractivity contribution in [1.82, 2.24) is 4.90 Å². The van der Waals surface area contributed by atoms with Crippen LogP contribution in [0, 0.1) is 0 Å². The van der Waals surface area contributed by atoms with Gasteiger partial charge < -0.3 is 9.47 Å².